The van der Waals surface area contributed by atoms with Crippen molar-refractivity contribution in [2.24, 2.45) is 5.84 Å². The van der Waals surface area contributed by atoms with Gasteiger partial charge in [0.1, 0.15) is 0 Å². The number of rotatable bonds is 1. The van der Waals surface area contributed by atoms with Crippen LogP contribution in [0.5, 0.6) is 0 Å². The van der Waals surface area contributed by atoms with Crippen LogP contribution in [0.1, 0.15) is 15.9 Å². The molecule has 0 unspecified atom stereocenters. The normalized spacial score (nSPS) is 13.4. The molecule has 5 nitrogen and oxygen atoms in total. The quantitative estimate of drug-likeness (QED) is 0.326. The van der Waals surface area contributed by atoms with E-state index in [1.54, 1.807) is 18.2 Å². The fraction of sp³-hybridized carbons (Fsp3) is 0.111. The van der Waals surface area contributed by atoms with Gasteiger partial charge in [-0.3, -0.25) is 15.0 Å². The van der Waals surface area contributed by atoms with Crippen molar-refractivity contribution in [3.63, 3.8) is 0 Å². The summed E-state index contributed by atoms with van der Waals surface area (Å²) in [6, 6.07) is 5.00. The van der Waals surface area contributed by atoms with Crippen molar-refractivity contribution in [1.29, 1.82) is 0 Å². The van der Waals surface area contributed by atoms with Crippen LogP contribution in [-0.4, -0.2) is 11.8 Å². The Bertz CT molecular complexity index is 415. The number of carbonyl (C=O) groups is 2. The van der Waals surface area contributed by atoms with Gasteiger partial charge in [0, 0.05) is 11.3 Å². The number of hydrazine groups is 1. The van der Waals surface area contributed by atoms with Crippen molar-refractivity contribution in [3.8, 4) is 0 Å². The summed E-state index contributed by atoms with van der Waals surface area (Å²) in [5.41, 5.74) is 4.07. The van der Waals surface area contributed by atoms with Gasteiger partial charge in [-0.05, 0) is 17.7 Å². The maximum atomic E-state index is 11.1. The summed E-state index contributed by atoms with van der Waals surface area (Å²) >= 11 is 0. The van der Waals surface area contributed by atoms with Gasteiger partial charge < -0.3 is 5.32 Å². The number of nitrogens with two attached hydrogens (primary N) is 1. The molecule has 1 aromatic rings. The highest BCUT2D eigenvalue weighted by Crippen LogP contribution is 2.23. The fourth-order valence-electron chi connectivity index (χ4n) is 1.44. The molecule has 5 heteroatoms. The van der Waals surface area contributed by atoms with Crippen LogP contribution in [0.2, 0.25) is 0 Å². The third-order valence-corrected chi connectivity index (χ3v) is 2.13. The molecule has 2 rings (SSSR count). The van der Waals surface area contributed by atoms with Crippen molar-refractivity contribution in [2.45, 2.75) is 6.42 Å². The molecule has 1 aliphatic rings. The van der Waals surface area contributed by atoms with Crippen molar-refractivity contribution >= 4 is 17.5 Å². The van der Waals surface area contributed by atoms with Crippen LogP contribution >= 0.6 is 0 Å². The van der Waals surface area contributed by atoms with Crippen molar-refractivity contribution in [3.05, 3.63) is 29.3 Å². The van der Waals surface area contributed by atoms with E-state index in [9.17, 15) is 9.59 Å². The first-order chi connectivity index (χ1) is 6.70. The summed E-state index contributed by atoms with van der Waals surface area (Å²) in [5, 5.41) is 2.66. The van der Waals surface area contributed by atoms with Crippen molar-refractivity contribution in [2.75, 3.05) is 5.32 Å². The lowest BCUT2D eigenvalue weighted by molar-refractivity contribution is -0.115. The molecule has 0 aliphatic carbocycles. The standard InChI is InChI=1S/C9H9N3O2/c10-12-9(14)6-2-1-5-4-8(13)11-7(5)3-6/h1-3H,4,10H2,(H,11,13)(H,12,14). The molecule has 1 heterocycles. The Kier molecular flexibility index (Phi) is 1.94. The average molecular weight is 191 g/mol. The summed E-state index contributed by atoms with van der Waals surface area (Å²) in [6.45, 7) is 0. The van der Waals surface area contributed by atoms with Gasteiger partial charge in [0.25, 0.3) is 5.91 Å². The van der Waals surface area contributed by atoms with Crippen LogP contribution in [0, 0.1) is 0 Å². The second-order valence-corrected chi connectivity index (χ2v) is 3.07. The molecule has 0 bridgehead atoms. The zero-order valence-electron chi connectivity index (χ0n) is 7.33. The van der Waals surface area contributed by atoms with Gasteiger partial charge in [-0.15, -0.1) is 0 Å². The molecule has 14 heavy (non-hydrogen) atoms. The van der Waals surface area contributed by atoms with E-state index in [-0.39, 0.29) is 11.8 Å². The second-order valence-electron chi connectivity index (χ2n) is 3.07. The SMILES string of the molecule is NNC(=O)c1ccc2c(c1)NC(=O)C2. The Balaban J connectivity index is 2.37. The van der Waals surface area contributed by atoms with Crippen LogP contribution < -0.4 is 16.6 Å². The fourth-order valence-corrected chi connectivity index (χ4v) is 1.44. The third kappa shape index (κ3) is 1.33. The molecule has 1 aliphatic heterocycles. The van der Waals surface area contributed by atoms with E-state index >= 15 is 0 Å². The molecule has 1 aromatic carbocycles. The van der Waals surface area contributed by atoms with Crippen molar-refractivity contribution < 1.29 is 9.59 Å². The lowest BCUT2D eigenvalue weighted by Crippen LogP contribution is -2.29. The summed E-state index contributed by atoms with van der Waals surface area (Å²) in [5.74, 6) is 4.57. The first kappa shape index (κ1) is 8.71. The van der Waals surface area contributed by atoms with E-state index in [1.807, 2.05) is 5.43 Å². The Morgan fingerprint density at radius 2 is 2.29 bits per heavy atom. The average Bonchev–Trinajstić information content (AvgIpc) is 2.55. The van der Waals surface area contributed by atoms with E-state index in [0.717, 1.165) is 5.56 Å². The van der Waals surface area contributed by atoms with Gasteiger partial charge in [0.15, 0.2) is 0 Å². The predicted molar refractivity (Wildman–Crippen MR) is 50.4 cm³/mol. The number of carbonyl (C=O) groups excluding carboxylic acids is 2. The minimum absolute atomic E-state index is 0.0506. The first-order valence-electron chi connectivity index (χ1n) is 4.14. The Labute approximate surface area is 80.3 Å². The molecule has 0 aromatic heterocycles. The number of benzene rings is 1. The van der Waals surface area contributed by atoms with Gasteiger partial charge in [-0.2, -0.15) is 0 Å². The number of nitrogen functional groups attached to an aromatic ring is 1. The first-order valence-corrected chi connectivity index (χ1v) is 4.14. The number of hydrogen-bond acceptors (Lipinski definition) is 3. The highest BCUT2D eigenvalue weighted by Gasteiger charge is 2.18. The lowest BCUT2D eigenvalue weighted by atomic mass is 10.1. The number of anilines is 1. The number of amides is 2. The Morgan fingerprint density at radius 1 is 1.50 bits per heavy atom. The minimum Gasteiger partial charge on any atom is -0.326 e. The Hall–Kier alpha value is -1.88. The summed E-state index contributed by atoms with van der Waals surface area (Å²) in [4.78, 5) is 22.2. The van der Waals surface area contributed by atoms with Gasteiger partial charge in [-0.1, -0.05) is 6.07 Å². The molecule has 0 fully saturated rings. The van der Waals surface area contributed by atoms with Crippen LogP contribution in [-0.2, 0) is 11.2 Å². The predicted octanol–water partition coefficient (Wildman–Crippen LogP) is -0.215. The highest BCUT2D eigenvalue weighted by atomic mass is 16.2. The largest absolute Gasteiger partial charge is 0.326 e. The number of hydrogen-bond donors (Lipinski definition) is 3. The summed E-state index contributed by atoms with van der Waals surface area (Å²) in [6.07, 6.45) is 0.375. The molecule has 0 spiro atoms. The molecule has 0 saturated carbocycles. The third-order valence-electron chi connectivity index (χ3n) is 2.13. The van der Waals surface area contributed by atoms with E-state index < -0.39 is 0 Å². The highest BCUT2D eigenvalue weighted by molar-refractivity contribution is 6.02. The molecule has 0 atom stereocenters. The minimum atomic E-state index is -0.367. The number of nitrogens with one attached hydrogen (secondary N) is 2. The second kappa shape index (κ2) is 3.12. The van der Waals surface area contributed by atoms with Gasteiger partial charge in [0.2, 0.25) is 5.91 Å². The van der Waals surface area contributed by atoms with Crippen LogP contribution in [0.4, 0.5) is 5.69 Å². The number of fused-ring (bicyclic) bond motifs is 1. The molecule has 4 N–H and O–H groups in total. The lowest BCUT2D eigenvalue weighted by Gasteiger charge is -2.02. The maximum absolute atomic E-state index is 11.1. The van der Waals surface area contributed by atoms with E-state index in [4.69, 9.17) is 5.84 Å². The monoisotopic (exact) mass is 191 g/mol. The topological polar surface area (TPSA) is 84.2 Å². The van der Waals surface area contributed by atoms with Crippen LogP contribution in [0.3, 0.4) is 0 Å². The zero-order chi connectivity index (χ0) is 10.1. The molecule has 0 saturated heterocycles. The summed E-state index contributed by atoms with van der Waals surface area (Å²) < 4.78 is 0. The molecule has 0 radical (unpaired) electrons. The zero-order valence-corrected chi connectivity index (χ0v) is 7.33. The van der Waals surface area contributed by atoms with Gasteiger partial charge >= 0.3 is 0 Å². The Morgan fingerprint density at radius 3 is 3.00 bits per heavy atom. The van der Waals surface area contributed by atoms with Gasteiger partial charge in [-0.25, -0.2) is 5.84 Å². The van der Waals surface area contributed by atoms with Crippen molar-refractivity contribution in [1.82, 2.24) is 5.43 Å². The van der Waals surface area contributed by atoms with E-state index in [0.29, 0.717) is 17.7 Å². The van der Waals surface area contributed by atoms with E-state index in [1.165, 1.54) is 0 Å². The van der Waals surface area contributed by atoms with Gasteiger partial charge in [0.05, 0.1) is 6.42 Å². The van der Waals surface area contributed by atoms with E-state index in [2.05, 4.69) is 5.32 Å². The maximum Gasteiger partial charge on any atom is 0.265 e. The smallest absolute Gasteiger partial charge is 0.265 e. The molecule has 2 amide bonds. The van der Waals surface area contributed by atoms with Crippen LogP contribution in [0.25, 0.3) is 0 Å². The van der Waals surface area contributed by atoms with Crippen LogP contribution in [0.15, 0.2) is 18.2 Å². The molecule has 72 valence electrons. The molecular weight excluding hydrogens is 182 g/mol. The summed E-state index contributed by atoms with van der Waals surface area (Å²) in [7, 11) is 0. The molecular formula is C9H9N3O2.